The summed E-state index contributed by atoms with van der Waals surface area (Å²) in [5.74, 6) is 0.780. The Bertz CT molecular complexity index is 185. The Morgan fingerprint density at radius 3 is 2.81 bits per heavy atom. The number of aliphatic hydroxyl groups is 1. The summed E-state index contributed by atoms with van der Waals surface area (Å²) in [4.78, 5) is 2.51. The van der Waals surface area contributed by atoms with Crippen LogP contribution in [-0.2, 0) is 0 Å². The average molecular weight is 228 g/mol. The summed E-state index contributed by atoms with van der Waals surface area (Å²) in [5, 5.41) is 12.8. The summed E-state index contributed by atoms with van der Waals surface area (Å²) in [6, 6.07) is 0.624. The minimum Gasteiger partial charge on any atom is -0.393 e. The van der Waals surface area contributed by atoms with Gasteiger partial charge in [0.25, 0.3) is 0 Å². The molecule has 1 aliphatic heterocycles. The quantitative estimate of drug-likeness (QED) is 0.722. The van der Waals surface area contributed by atoms with Crippen molar-refractivity contribution in [2.45, 2.75) is 52.2 Å². The predicted octanol–water partition coefficient (Wildman–Crippen LogP) is 1.47. The third-order valence-corrected chi connectivity index (χ3v) is 3.64. The van der Waals surface area contributed by atoms with Crippen molar-refractivity contribution in [3.05, 3.63) is 0 Å². The molecule has 0 aromatic heterocycles. The van der Waals surface area contributed by atoms with Crippen LogP contribution in [-0.4, -0.2) is 48.3 Å². The van der Waals surface area contributed by atoms with Gasteiger partial charge in [-0.3, -0.25) is 0 Å². The number of hydrogen-bond acceptors (Lipinski definition) is 3. The van der Waals surface area contributed by atoms with Crippen molar-refractivity contribution in [1.29, 1.82) is 0 Å². The normalized spacial score (nSPS) is 26.6. The van der Waals surface area contributed by atoms with Crippen LogP contribution < -0.4 is 5.32 Å². The molecule has 1 fully saturated rings. The minimum absolute atomic E-state index is 0.161. The highest BCUT2D eigenvalue weighted by Gasteiger charge is 2.23. The number of nitrogens with one attached hydrogen (secondary N) is 1. The molecule has 16 heavy (non-hydrogen) atoms. The van der Waals surface area contributed by atoms with Gasteiger partial charge in [0, 0.05) is 19.1 Å². The molecule has 0 amide bonds. The molecule has 3 unspecified atom stereocenters. The zero-order valence-electron chi connectivity index (χ0n) is 11.1. The molecule has 1 rings (SSSR count). The van der Waals surface area contributed by atoms with E-state index in [9.17, 15) is 5.11 Å². The second-order valence-corrected chi connectivity index (χ2v) is 5.19. The summed E-state index contributed by atoms with van der Waals surface area (Å²) in [6.07, 6.45) is 3.40. The van der Waals surface area contributed by atoms with Gasteiger partial charge in [-0.1, -0.05) is 6.92 Å². The second kappa shape index (κ2) is 7.25. The third-order valence-electron chi connectivity index (χ3n) is 3.64. The summed E-state index contributed by atoms with van der Waals surface area (Å²) in [5.41, 5.74) is 0. The highest BCUT2D eigenvalue weighted by atomic mass is 16.3. The maximum Gasteiger partial charge on any atom is 0.0524 e. The van der Waals surface area contributed by atoms with Gasteiger partial charge in [0.15, 0.2) is 0 Å². The monoisotopic (exact) mass is 228 g/mol. The molecule has 3 nitrogen and oxygen atoms in total. The van der Waals surface area contributed by atoms with E-state index >= 15 is 0 Å². The fourth-order valence-corrected chi connectivity index (χ4v) is 2.56. The summed E-state index contributed by atoms with van der Waals surface area (Å²) >= 11 is 0. The lowest BCUT2D eigenvalue weighted by atomic mass is 9.91. The number of piperidine rings is 1. The first-order valence-corrected chi connectivity index (χ1v) is 6.77. The van der Waals surface area contributed by atoms with Gasteiger partial charge in [-0.25, -0.2) is 0 Å². The van der Waals surface area contributed by atoms with Crippen molar-refractivity contribution >= 4 is 0 Å². The van der Waals surface area contributed by atoms with Crippen LogP contribution in [0.3, 0.4) is 0 Å². The van der Waals surface area contributed by atoms with Crippen molar-refractivity contribution in [3.63, 3.8) is 0 Å². The van der Waals surface area contributed by atoms with Crippen LogP contribution in [0.5, 0.6) is 0 Å². The van der Waals surface area contributed by atoms with Gasteiger partial charge >= 0.3 is 0 Å². The largest absolute Gasteiger partial charge is 0.393 e. The van der Waals surface area contributed by atoms with Gasteiger partial charge in [-0.2, -0.15) is 0 Å². The Labute approximate surface area is 100 Å². The molecule has 0 aromatic carbocycles. The van der Waals surface area contributed by atoms with Gasteiger partial charge in [-0.05, 0) is 52.1 Å². The first kappa shape index (κ1) is 13.9. The third kappa shape index (κ3) is 4.81. The van der Waals surface area contributed by atoms with Crippen molar-refractivity contribution in [1.82, 2.24) is 10.2 Å². The molecule has 3 atom stereocenters. The topological polar surface area (TPSA) is 35.5 Å². The van der Waals surface area contributed by atoms with E-state index in [-0.39, 0.29) is 6.10 Å². The van der Waals surface area contributed by atoms with Crippen molar-refractivity contribution in [2.75, 3.05) is 26.2 Å². The number of likely N-dealkylation sites (tertiary alicyclic amines) is 1. The molecule has 0 spiro atoms. The highest BCUT2D eigenvalue weighted by molar-refractivity contribution is 4.80. The molecule has 0 saturated carbocycles. The second-order valence-electron chi connectivity index (χ2n) is 5.19. The maximum atomic E-state index is 9.30. The van der Waals surface area contributed by atoms with Gasteiger partial charge < -0.3 is 15.3 Å². The van der Waals surface area contributed by atoms with E-state index in [2.05, 4.69) is 24.1 Å². The fourth-order valence-electron chi connectivity index (χ4n) is 2.56. The molecule has 1 saturated heterocycles. The number of rotatable bonds is 6. The number of hydrogen-bond donors (Lipinski definition) is 2. The number of aliphatic hydroxyl groups excluding tert-OH is 1. The van der Waals surface area contributed by atoms with E-state index in [4.69, 9.17) is 0 Å². The summed E-state index contributed by atoms with van der Waals surface area (Å²) in [6.45, 7) is 10.9. The van der Waals surface area contributed by atoms with Gasteiger partial charge in [0.2, 0.25) is 0 Å². The standard InChI is InChI=1S/C13H28N2O/c1-4-14-12(3)13-6-5-8-15(10-13)9-7-11(2)16/h11-14,16H,4-10H2,1-3H3. The zero-order valence-corrected chi connectivity index (χ0v) is 11.1. The van der Waals surface area contributed by atoms with Gasteiger partial charge in [0.05, 0.1) is 6.10 Å². The molecule has 0 aliphatic carbocycles. The van der Waals surface area contributed by atoms with E-state index in [0.29, 0.717) is 6.04 Å². The molecule has 0 bridgehead atoms. The molecular weight excluding hydrogens is 200 g/mol. The fraction of sp³-hybridized carbons (Fsp3) is 1.00. The van der Waals surface area contributed by atoms with Gasteiger partial charge in [0.1, 0.15) is 0 Å². The number of nitrogens with zero attached hydrogens (tertiary/aromatic N) is 1. The van der Waals surface area contributed by atoms with Crippen LogP contribution in [0.2, 0.25) is 0 Å². The minimum atomic E-state index is -0.161. The highest BCUT2D eigenvalue weighted by Crippen LogP contribution is 2.19. The molecule has 2 N–H and O–H groups in total. The van der Waals surface area contributed by atoms with Crippen molar-refractivity contribution < 1.29 is 5.11 Å². The molecule has 0 radical (unpaired) electrons. The van der Waals surface area contributed by atoms with Crippen LogP contribution >= 0.6 is 0 Å². The Morgan fingerprint density at radius 1 is 1.44 bits per heavy atom. The van der Waals surface area contributed by atoms with Crippen molar-refractivity contribution in [3.8, 4) is 0 Å². The zero-order chi connectivity index (χ0) is 12.0. The predicted molar refractivity (Wildman–Crippen MR) is 68.6 cm³/mol. The van der Waals surface area contributed by atoms with E-state index in [1.807, 2.05) is 6.92 Å². The smallest absolute Gasteiger partial charge is 0.0524 e. The molecule has 3 heteroatoms. The average Bonchev–Trinajstić information content (AvgIpc) is 2.27. The lowest BCUT2D eigenvalue weighted by molar-refractivity contribution is 0.117. The molecular formula is C13H28N2O. The SMILES string of the molecule is CCNC(C)C1CCCN(CCC(C)O)C1. The van der Waals surface area contributed by atoms with Crippen LogP contribution in [0.15, 0.2) is 0 Å². The Hall–Kier alpha value is -0.120. The van der Waals surface area contributed by atoms with Crippen LogP contribution in [0.25, 0.3) is 0 Å². The molecule has 1 aliphatic rings. The van der Waals surface area contributed by atoms with E-state index in [1.54, 1.807) is 0 Å². The lowest BCUT2D eigenvalue weighted by Crippen LogP contribution is -2.45. The van der Waals surface area contributed by atoms with Gasteiger partial charge in [-0.15, -0.1) is 0 Å². The van der Waals surface area contributed by atoms with Crippen LogP contribution in [0.1, 0.15) is 40.0 Å². The Kier molecular flexibility index (Phi) is 6.32. The van der Waals surface area contributed by atoms with Crippen LogP contribution in [0.4, 0.5) is 0 Å². The Balaban J connectivity index is 2.29. The summed E-state index contributed by atoms with van der Waals surface area (Å²) < 4.78 is 0. The maximum absolute atomic E-state index is 9.30. The van der Waals surface area contributed by atoms with Crippen molar-refractivity contribution in [2.24, 2.45) is 5.92 Å². The summed E-state index contributed by atoms with van der Waals surface area (Å²) in [7, 11) is 0. The first-order valence-electron chi connectivity index (χ1n) is 6.77. The van der Waals surface area contributed by atoms with E-state index in [1.165, 1.54) is 25.9 Å². The molecule has 1 heterocycles. The molecule has 96 valence electrons. The van der Waals surface area contributed by atoms with E-state index in [0.717, 1.165) is 25.4 Å². The Morgan fingerprint density at radius 2 is 2.19 bits per heavy atom. The lowest BCUT2D eigenvalue weighted by Gasteiger charge is -2.36. The van der Waals surface area contributed by atoms with E-state index < -0.39 is 0 Å². The first-order chi connectivity index (χ1) is 7.63. The molecule has 0 aromatic rings. The van der Waals surface area contributed by atoms with Crippen LogP contribution in [0, 0.1) is 5.92 Å².